The van der Waals surface area contributed by atoms with E-state index in [0.29, 0.717) is 41.2 Å². The third-order valence-electron chi connectivity index (χ3n) is 5.03. The molecule has 1 aromatic heterocycles. The highest BCUT2D eigenvalue weighted by Crippen LogP contribution is 2.49. The maximum absolute atomic E-state index is 11.8. The summed E-state index contributed by atoms with van der Waals surface area (Å²) in [5, 5.41) is 11.6. The first-order valence-electron chi connectivity index (χ1n) is 9.14. The number of aliphatic hydroxyl groups excluding tert-OH is 1. The Labute approximate surface area is 153 Å². The molecule has 2 aromatic rings. The zero-order valence-electron chi connectivity index (χ0n) is 15.9. The Morgan fingerprint density at radius 1 is 1.31 bits per heavy atom. The second-order valence-corrected chi connectivity index (χ2v) is 7.35. The molecule has 1 unspecified atom stereocenters. The number of nitrogens with zero attached hydrogens (tertiary/aromatic N) is 1. The Morgan fingerprint density at radius 3 is 2.73 bits per heavy atom. The van der Waals surface area contributed by atoms with Crippen LogP contribution in [0.2, 0.25) is 0 Å². The van der Waals surface area contributed by atoms with Gasteiger partial charge in [0, 0.05) is 23.4 Å². The van der Waals surface area contributed by atoms with Crippen LogP contribution in [0.3, 0.4) is 0 Å². The number of ether oxygens (including phenoxy) is 2. The molecule has 1 aliphatic heterocycles. The molecular weight excluding hydrogens is 334 g/mol. The van der Waals surface area contributed by atoms with Gasteiger partial charge in [0.25, 0.3) is 0 Å². The summed E-state index contributed by atoms with van der Waals surface area (Å²) in [6.07, 6.45) is -0.774. The van der Waals surface area contributed by atoms with Crippen molar-refractivity contribution < 1.29 is 19.0 Å². The Balaban J connectivity index is 2.06. The zero-order chi connectivity index (χ0) is 18.9. The molecular formula is C20H27NO5. The summed E-state index contributed by atoms with van der Waals surface area (Å²) in [4.78, 5) is 14.0. The van der Waals surface area contributed by atoms with Crippen molar-refractivity contribution in [2.45, 2.75) is 33.8 Å². The van der Waals surface area contributed by atoms with Gasteiger partial charge >= 0.3 is 5.63 Å². The van der Waals surface area contributed by atoms with Crippen LogP contribution in [-0.2, 0) is 0 Å². The first kappa shape index (κ1) is 18.7. The quantitative estimate of drug-likeness (QED) is 0.798. The number of rotatable bonds is 6. The molecule has 6 nitrogen and oxygen atoms in total. The molecule has 2 heterocycles. The first-order chi connectivity index (χ1) is 12.4. The minimum absolute atomic E-state index is 0.358. The van der Waals surface area contributed by atoms with E-state index < -0.39 is 17.1 Å². The van der Waals surface area contributed by atoms with E-state index in [9.17, 15) is 9.90 Å². The minimum Gasteiger partial charge on any atom is -0.492 e. The van der Waals surface area contributed by atoms with Crippen molar-refractivity contribution in [1.29, 1.82) is 0 Å². The molecule has 0 saturated carbocycles. The van der Waals surface area contributed by atoms with Crippen molar-refractivity contribution in [3.63, 3.8) is 0 Å². The van der Waals surface area contributed by atoms with Crippen molar-refractivity contribution >= 4 is 11.0 Å². The van der Waals surface area contributed by atoms with Gasteiger partial charge in [-0.15, -0.1) is 0 Å². The summed E-state index contributed by atoms with van der Waals surface area (Å²) in [5.74, 6) is 0.985. The van der Waals surface area contributed by atoms with Gasteiger partial charge in [-0.2, -0.15) is 0 Å². The Hall–Kier alpha value is -2.05. The van der Waals surface area contributed by atoms with Gasteiger partial charge in [-0.25, -0.2) is 4.79 Å². The van der Waals surface area contributed by atoms with Crippen LogP contribution in [0, 0.1) is 5.41 Å². The van der Waals surface area contributed by atoms with Gasteiger partial charge in [0.05, 0.1) is 18.3 Å². The molecule has 142 valence electrons. The predicted octanol–water partition coefficient (Wildman–Crippen LogP) is 2.97. The van der Waals surface area contributed by atoms with Crippen LogP contribution in [0.4, 0.5) is 0 Å². The molecule has 26 heavy (non-hydrogen) atoms. The molecule has 0 spiro atoms. The van der Waals surface area contributed by atoms with Gasteiger partial charge in [0.2, 0.25) is 0 Å². The van der Waals surface area contributed by atoms with Crippen molar-refractivity contribution in [3.8, 4) is 11.5 Å². The number of aliphatic hydroxyl groups is 1. The third kappa shape index (κ3) is 3.44. The summed E-state index contributed by atoms with van der Waals surface area (Å²) in [7, 11) is 0. The lowest BCUT2D eigenvalue weighted by Crippen LogP contribution is -2.34. The normalized spacial score (nSPS) is 18.6. The standard InChI is InChI=1S/C20H27NO5/c1-5-21(6-2)9-10-24-18-16-14(25-12-20(3,4)19(16)23)11-13-7-8-15(22)26-17(13)18/h7-8,11,19,23H,5-6,9-10,12H2,1-4H3. The van der Waals surface area contributed by atoms with Gasteiger partial charge in [-0.1, -0.05) is 27.7 Å². The Kier molecular flexibility index (Phi) is 5.25. The number of hydrogen-bond acceptors (Lipinski definition) is 6. The molecule has 1 aromatic carbocycles. The maximum atomic E-state index is 11.8. The predicted molar refractivity (Wildman–Crippen MR) is 100 cm³/mol. The SMILES string of the molecule is CCN(CC)CCOc1c2c(cc3ccc(=O)oc13)OCC(C)(C)C2O. The molecule has 0 fully saturated rings. The highest BCUT2D eigenvalue weighted by Gasteiger charge is 2.39. The average molecular weight is 361 g/mol. The van der Waals surface area contributed by atoms with Gasteiger partial charge in [0.1, 0.15) is 12.4 Å². The van der Waals surface area contributed by atoms with Crippen LogP contribution in [-0.4, -0.2) is 42.9 Å². The number of likely N-dealkylation sites (N-methyl/N-ethyl adjacent to an activating group) is 1. The lowest BCUT2D eigenvalue weighted by Gasteiger charge is -2.37. The first-order valence-corrected chi connectivity index (χ1v) is 9.14. The van der Waals surface area contributed by atoms with Crippen LogP contribution in [0.25, 0.3) is 11.0 Å². The lowest BCUT2D eigenvalue weighted by atomic mass is 9.80. The molecule has 0 saturated heterocycles. The Morgan fingerprint density at radius 2 is 2.04 bits per heavy atom. The van der Waals surface area contributed by atoms with Crippen LogP contribution in [0.15, 0.2) is 27.4 Å². The molecule has 3 rings (SSSR count). The van der Waals surface area contributed by atoms with E-state index in [-0.39, 0.29) is 0 Å². The van der Waals surface area contributed by atoms with Crippen LogP contribution >= 0.6 is 0 Å². The maximum Gasteiger partial charge on any atom is 0.336 e. The average Bonchev–Trinajstić information content (AvgIpc) is 2.62. The van der Waals surface area contributed by atoms with E-state index in [4.69, 9.17) is 13.9 Å². The number of benzene rings is 1. The monoisotopic (exact) mass is 361 g/mol. The number of fused-ring (bicyclic) bond motifs is 2. The summed E-state index contributed by atoms with van der Waals surface area (Å²) in [5.41, 5.74) is 0.00234. The Bertz CT molecular complexity index is 838. The zero-order valence-corrected chi connectivity index (χ0v) is 15.9. The van der Waals surface area contributed by atoms with E-state index >= 15 is 0 Å². The molecule has 1 aliphatic rings. The molecule has 6 heteroatoms. The summed E-state index contributed by atoms with van der Waals surface area (Å²) >= 11 is 0. The topological polar surface area (TPSA) is 72.1 Å². The molecule has 0 bridgehead atoms. The lowest BCUT2D eigenvalue weighted by molar-refractivity contribution is -0.00930. The van der Waals surface area contributed by atoms with Gasteiger partial charge in [-0.3, -0.25) is 0 Å². The van der Waals surface area contributed by atoms with Crippen molar-refractivity contribution in [3.05, 3.63) is 34.2 Å². The van der Waals surface area contributed by atoms with E-state index in [1.54, 1.807) is 12.1 Å². The van der Waals surface area contributed by atoms with E-state index in [1.807, 2.05) is 13.8 Å². The molecule has 0 amide bonds. The summed E-state index contributed by atoms with van der Waals surface area (Å²) < 4.78 is 17.4. The second-order valence-electron chi connectivity index (χ2n) is 7.35. The largest absolute Gasteiger partial charge is 0.492 e. The molecule has 1 N–H and O–H groups in total. The van der Waals surface area contributed by atoms with Crippen LogP contribution in [0.1, 0.15) is 39.4 Å². The fourth-order valence-corrected chi connectivity index (χ4v) is 3.24. The van der Waals surface area contributed by atoms with E-state index in [0.717, 1.165) is 19.6 Å². The smallest absolute Gasteiger partial charge is 0.336 e. The fraction of sp³-hybridized carbons (Fsp3) is 0.550. The van der Waals surface area contributed by atoms with Gasteiger partial charge in [0.15, 0.2) is 11.3 Å². The van der Waals surface area contributed by atoms with Crippen LogP contribution < -0.4 is 15.1 Å². The van der Waals surface area contributed by atoms with Crippen LogP contribution in [0.5, 0.6) is 11.5 Å². The van der Waals surface area contributed by atoms with Gasteiger partial charge in [-0.05, 0) is 25.2 Å². The third-order valence-corrected chi connectivity index (χ3v) is 5.03. The van der Waals surface area contributed by atoms with E-state index in [1.165, 1.54) is 6.07 Å². The molecule has 1 atom stereocenters. The van der Waals surface area contributed by atoms with E-state index in [2.05, 4.69) is 18.7 Å². The summed E-state index contributed by atoms with van der Waals surface area (Å²) in [6, 6.07) is 4.86. The summed E-state index contributed by atoms with van der Waals surface area (Å²) in [6.45, 7) is 11.5. The minimum atomic E-state index is -0.774. The highest BCUT2D eigenvalue weighted by molar-refractivity contribution is 5.86. The van der Waals surface area contributed by atoms with Crippen molar-refractivity contribution in [2.24, 2.45) is 5.41 Å². The second kappa shape index (κ2) is 7.29. The molecule has 0 radical (unpaired) electrons. The fourth-order valence-electron chi connectivity index (χ4n) is 3.24. The molecule has 0 aliphatic carbocycles. The highest BCUT2D eigenvalue weighted by atomic mass is 16.5. The number of hydrogen-bond donors (Lipinski definition) is 1. The van der Waals surface area contributed by atoms with Crippen molar-refractivity contribution in [2.75, 3.05) is 32.8 Å². The van der Waals surface area contributed by atoms with Gasteiger partial charge < -0.3 is 23.9 Å². The van der Waals surface area contributed by atoms with Crippen molar-refractivity contribution in [1.82, 2.24) is 4.90 Å².